The molecule has 1 unspecified atom stereocenters. The third-order valence-corrected chi connectivity index (χ3v) is 7.46. The standard InChI is InChI=1S/C25H24ClN3O2/c26-16-7-5-6-15(12-16)24-23-19(18-10-3-4-11-20(18)27-23)13-21-25(31)28(14-22(30)29(21)24)17-8-1-2-9-17/h3-7,10-12,17,21,24,27H,1-2,8-9,13-14H2/t21-,24?/m0/s1. The normalized spacial score (nSPS) is 24.0. The molecule has 2 fully saturated rings. The number of carbonyl (C=O) groups excluding carboxylic acids is 2. The minimum Gasteiger partial charge on any atom is -0.356 e. The number of nitrogens with zero attached hydrogens (tertiary/aromatic N) is 2. The molecule has 5 nitrogen and oxygen atoms in total. The van der Waals surface area contributed by atoms with Crippen molar-refractivity contribution in [3.05, 3.63) is 70.4 Å². The Morgan fingerprint density at radius 3 is 2.61 bits per heavy atom. The highest BCUT2D eigenvalue weighted by atomic mass is 35.5. The van der Waals surface area contributed by atoms with Crippen LogP contribution in [0.1, 0.15) is 48.5 Å². The van der Waals surface area contributed by atoms with Crippen molar-refractivity contribution in [2.45, 2.75) is 50.2 Å². The van der Waals surface area contributed by atoms with Crippen LogP contribution >= 0.6 is 11.6 Å². The van der Waals surface area contributed by atoms with Gasteiger partial charge in [0.15, 0.2) is 0 Å². The lowest BCUT2D eigenvalue weighted by Gasteiger charge is -2.48. The second kappa shape index (κ2) is 7.13. The maximum Gasteiger partial charge on any atom is 0.246 e. The first-order valence-corrected chi connectivity index (χ1v) is 11.5. The predicted octanol–water partition coefficient (Wildman–Crippen LogP) is 4.45. The van der Waals surface area contributed by atoms with Gasteiger partial charge in [-0.2, -0.15) is 0 Å². The molecule has 0 spiro atoms. The lowest BCUT2D eigenvalue weighted by Crippen LogP contribution is -2.64. The molecule has 1 saturated carbocycles. The molecule has 0 bridgehead atoms. The molecule has 3 aromatic rings. The number of H-pyrrole nitrogens is 1. The summed E-state index contributed by atoms with van der Waals surface area (Å²) in [7, 11) is 0. The third-order valence-electron chi connectivity index (χ3n) is 7.22. The van der Waals surface area contributed by atoms with Crippen LogP contribution in [0.4, 0.5) is 0 Å². The first kappa shape index (κ1) is 18.9. The van der Waals surface area contributed by atoms with Crippen LogP contribution in [0.15, 0.2) is 48.5 Å². The van der Waals surface area contributed by atoms with Gasteiger partial charge in [0.2, 0.25) is 11.8 Å². The summed E-state index contributed by atoms with van der Waals surface area (Å²) in [5.41, 5.74) is 4.10. The Bertz CT molecular complexity index is 1200. The van der Waals surface area contributed by atoms with Crippen LogP contribution in [0, 0.1) is 0 Å². The van der Waals surface area contributed by atoms with Crippen LogP contribution in [-0.4, -0.2) is 45.2 Å². The number of para-hydroxylation sites is 1. The van der Waals surface area contributed by atoms with E-state index in [2.05, 4.69) is 17.1 Å². The van der Waals surface area contributed by atoms with Crippen molar-refractivity contribution >= 4 is 34.3 Å². The molecule has 0 radical (unpaired) electrons. The third kappa shape index (κ3) is 2.90. The van der Waals surface area contributed by atoms with E-state index in [9.17, 15) is 9.59 Å². The van der Waals surface area contributed by atoms with Crippen LogP contribution in [0.3, 0.4) is 0 Å². The largest absolute Gasteiger partial charge is 0.356 e. The molecule has 6 heteroatoms. The molecule has 1 aromatic heterocycles. The van der Waals surface area contributed by atoms with Crippen LogP contribution in [0.5, 0.6) is 0 Å². The highest BCUT2D eigenvalue weighted by Gasteiger charge is 2.49. The van der Waals surface area contributed by atoms with Gasteiger partial charge < -0.3 is 14.8 Å². The molecule has 1 aliphatic carbocycles. The molecule has 6 rings (SSSR count). The van der Waals surface area contributed by atoms with Gasteiger partial charge in [0, 0.05) is 34.1 Å². The first-order valence-electron chi connectivity index (χ1n) is 11.1. The number of carbonyl (C=O) groups is 2. The van der Waals surface area contributed by atoms with Gasteiger partial charge in [-0.1, -0.05) is 54.8 Å². The Morgan fingerprint density at radius 1 is 1.00 bits per heavy atom. The van der Waals surface area contributed by atoms with Gasteiger partial charge in [-0.05, 0) is 42.2 Å². The SMILES string of the molecule is O=C1[C@@H]2Cc3c([nH]c4ccccc34)C(c3cccc(Cl)c3)N2C(=O)CN1C1CCCC1. The number of amides is 2. The number of piperazine rings is 1. The van der Waals surface area contributed by atoms with Crippen molar-refractivity contribution in [1.82, 2.24) is 14.8 Å². The Balaban J connectivity index is 1.52. The van der Waals surface area contributed by atoms with Crippen molar-refractivity contribution in [3.63, 3.8) is 0 Å². The molecule has 1 N–H and O–H groups in total. The van der Waals surface area contributed by atoms with E-state index in [0.717, 1.165) is 53.4 Å². The van der Waals surface area contributed by atoms with Crippen molar-refractivity contribution in [2.24, 2.45) is 0 Å². The fourth-order valence-corrected chi connectivity index (χ4v) is 6.03. The van der Waals surface area contributed by atoms with E-state index in [1.807, 2.05) is 46.2 Å². The predicted molar refractivity (Wildman–Crippen MR) is 120 cm³/mol. The van der Waals surface area contributed by atoms with E-state index >= 15 is 0 Å². The zero-order valence-corrected chi connectivity index (χ0v) is 17.9. The van der Waals surface area contributed by atoms with Crippen molar-refractivity contribution in [1.29, 1.82) is 0 Å². The van der Waals surface area contributed by atoms with Gasteiger partial charge in [-0.15, -0.1) is 0 Å². The number of hydrogen-bond donors (Lipinski definition) is 1. The minimum absolute atomic E-state index is 0.0192. The molecular formula is C25H24ClN3O2. The van der Waals surface area contributed by atoms with Crippen LogP contribution in [-0.2, 0) is 16.0 Å². The second-order valence-electron chi connectivity index (χ2n) is 8.95. The Morgan fingerprint density at radius 2 is 1.81 bits per heavy atom. The maximum atomic E-state index is 13.7. The number of aromatic nitrogens is 1. The molecule has 3 heterocycles. The molecule has 158 valence electrons. The summed E-state index contributed by atoms with van der Waals surface area (Å²) >= 11 is 6.33. The lowest BCUT2D eigenvalue weighted by atomic mass is 9.86. The van der Waals surface area contributed by atoms with Gasteiger partial charge in [0.25, 0.3) is 0 Å². The zero-order valence-electron chi connectivity index (χ0n) is 17.2. The van der Waals surface area contributed by atoms with Crippen LogP contribution in [0.2, 0.25) is 5.02 Å². The fourth-order valence-electron chi connectivity index (χ4n) is 5.83. The fraction of sp³-hybridized carbons (Fsp3) is 0.360. The van der Waals surface area contributed by atoms with Gasteiger partial charge >= 0.3 is 0 Å². The van der Waals surface area contributed by atoms with Crippen molar-refractivity contribution < 1.29 is 9.59 Å². The van der Waals surface area contributed by atoms with Crippen molar-refractivity contribution in [2.75, 3.05) is 6.54 Å². The summed E-state index contributed by atoms with van der Waals surface area (Å²) in [4.78, 5) is 34.5. The molecule has 1 saturated heterocycles. The smallest absolute Gasteiger partial charge is 0.246 e. The molecule has 2 amide bonds. The van der Waals surface area contributed by atoms with Gasteiger partial charge in [-0.3, -0.25) is 9.59 Å². The summed E-state index contributed by atoms with van der Waals surface area (Å²) in [5.74, 6) is 0.111. The Labute approximate surface area is 186 Å². The van der Waals surface area contributed by atoms with E-state index in [1.165, 1.54) is 0 Å². The van der Waals surface area contributed by atoms with Gasteiger partial charge in [0.1, 0.15) is 12.6 Å². The number of halogens is 1. The summed E-state index contributed by atoms with van der Waals surface area (Å²) in [5, 5.41) is 1.75. The average molecular weight is 434 g/mol. The quantitative estimate of drug-likeness (QED) is 0.649. The monoisotopic (exact) mass is 433 g/mol. The summed E-state index contributed by atoms with van der Waals surface area (Å²) in [6.45, 7) is 0.173. The number of aromatic amines is 1. The van der Waals surface area contributed by atoms with Crippen LogP contribution in [0.25, 0.3) is 10.9 Å². The number of nitrogens with one attached hydrogen (secondary N) is 1. The second-order valence-corrected chi connectivity index (χ2v) is 9.38. The zero-order chi connectivity index (χ0) is 21.1. The molecular weight excluding hydrogens is 410 g/mol. The highest BCUT2D eigenvalue weighted by Crippen LogP contribution is 2.43. The first-order chi connectivity index (χ1) is 15.1. The van der Waals surface area contributed by atoms with Crippen LogP contribution < -0.4 is 0 Å². The highest BCUT2D eigenvalue weighted by molar-refractivity contribution is 6.30. The maximum absolute atomic E-state index is 13.7. The minimum atomic E-state index is -0.475. The topological polar surface area (TPSA) is 56.4 Å². The summed E-state index contributed by atoms with van der Waals surface area (Å²) in [6.07, 6.45) is 4.82. The molecule has 2 atom stereocenters. The van der Waals surface area contributed by atoms with Gasteiger partial charge in [0.05, 0.1) is 6.04 Å². The Hall–Kier alpha value is -2.79. The Kier molecular flexibility index (Phi) is 4.35. The number of rotatable bonds is 2. The van der Waals surface area contributed by atoms with E-state index in [1.54, 1.807) is 0 Å². The molecule has 2 aliphatic heterocycles. The summed E-state index contributed by atoms with van der Waals surface area (Å²) < 4.78 is 0. The molecule has 31 heavy (non-hydrogen) atoms. The molecule has 3 aliphatic rings. The van der Waals surface area contributed by atoms with E-state index < -0.39 is 6.04 Å². The van der Waals surface area contributed by atoms with E-state index in [-0.39, 0.29) is 30.4 Å². The van der Waals surface area contributed by atoms with Crippen molar-refractivity contribution in [3.8, 4) is 0 Å². The van der Waals surface area contributed by atoms with E-state index in [4.69, 9.17) is 11.6 Å². The van der Waals surface area contributed by atoms with Gasteiger partial charge in [-0.25, -0.2) is 0 Å². The summed E-state index contributed by atoms with van der Waals surface area (Å²) in [6, 6.07) is 15.2. The number of hydrogen-bond acceptors (Lipinski definition) is 2. The van der Waals surface area contributed by atoms with E-state index in [0.29, 0.717) is 11.4 Å². The number of fused-ring (bicyclic) bond motifs is 4. The average Bonchev–Trinajstić information content (AvgIpc) is 3.43. The number of benzene rings is 2. The molecule has 2 aromatic carbocycles. The lowest BCUT2D eigenvalue weighted by molar-refractivity contribution is -0.160.